The molecule has 0 heterocycles. The lowest BCUT2D eigenvalue weighted by Crippen LogP contribution is -2.08. The third-order valence-electron chi connectivity index (χ3n) is 2.81. The van der Waals surface area contributed by atoms with Crippen LogP contribution < -0.4 is 0 Å². The van der Waals surface area contributed by atoms with Crippen molar-refractivity contribution in [2.24, 2.45) is 0 Å². The summed E-state index contributed by atoms with van der Waals surface area (Å²) in [6.45, 7) is 1.62. The van der Waals surface area contributed by atoms with E-state index in [1.807, 2.05) is 30.3 Å². The lowest BCUT2D eigenvalue weighted by Gasteiger charge is -2.10. The topological polar surface area (TPSA) is 26.3 Å². The standard InChI is InChI=1S/C15H13FO2/c1-10-8-9-12(11-6-4-3-5-7-11)13(14(10)16)15(17)18-2/h3-9H,1-2H3. The fourth-order valence-electron chi connectivity index (χ4n) is 1.84. The van der Waals surface area contributed by atoms with Gasteiger partial charge in [-0.15, -0.1) is 0 Å². The maximum Gasteiger partial charge on any atom is 0.341 e. The van der Waals surface area contributed by atoms with E-state index in [-0.39, 0.29) is 5.56 Å². The molecule has 0 spiro atoms. The van der Waals surface area contributed by atoms with Crippen molar-refractivity contribution in [2.45, 2.75) is 6.92 Å². The van der Waals surface area contributed by atoms with Crippen molar-refractivity contribution < 1.29 is 13.9 Å². The second-order valence-corrected chi connectivity index (χ2v) is 3.98. The Hall–Kier alpha value is -2.16. The summed E-state index contributed by atoms with van der Waals surface area (Å²) in [5.41, 5.74) is 1.75. The first-order valence-electron chi connectivity index (χ1n) is 5.58. The van der Waals surface area contributed by atoms with E-state index in [4.69, 9.17) is 0 Å². The first kappa shape index (κ1) is 12.3. The monoisotopic (exact) mass is 244 g/mol. The van der Waals surface area contributed by atoms with Crippen LogP contribution in [0.4, 0.5) is 4.39 Å². The number of methoxy groups -OCH3 is 1. The third kappa shape index (κ3) is 2.12. The van der Waals surface area contributed by atoms with Crippen LogP contribution in [0.1, 0.15) is 15.9 Å². The van der Waals surface area contributed by atoms with Crippen LogP contribution in [0.2, 0.25) is 0 Å². The van der Waals surface area contributed by atoms with Gasteiger partial charge in [-0.1, -0.05) is 42.5 Å². The summed E-state index contributed by atoms with van der Waals surface area (Å²) in [6.07, 6.45) is 0. The molecule has 0 aliphatic carbocycles. The zero-order chi connectivity index (χ0) is 13.1. The Morgan fingerprint density at radius 1 is 1.11 bits per heavy atom. The molecule has 0 atom stereocenters. The minimum Gasteiger partial charge on any atom is -0.465 e. The van der Waals surface area contributed by atoms with Crippen molar-refractivity contribution in [3.05, 3.63) is 59.4 Å². The highest BCUT2D eigenvalue weighted by Gasteiger charge is 2.19. The molecule has 0 N–H and O–H groups in total. The molecule has 0 aliphatic heterocycles. The Morgan fingerprint density at radius 3 is 2.39 bits per heavy atom. The van der Waals surface area contributed by atoms with Crippen LogP contribution >= 0.6 is 0 Å². The molecule has 0 aromatic heterocycles. The Kier molecular flexibility index (Phi) is 3.42. The van der Waals surface area contributed by atoms with Crippen LogP contribution in [-0.2, 0) is 4.74 Å². The molecular weight excluding hydrogens is 231 g/mol. The summed E-state index contributed by atoms with van der Waals surface area (Å²) in [5, 5.41) is 0. The van der Waals surface area contributed by atoms with Crippen molar-refractivity contribution in [1.29, 1.82) is 0 Å². The molecule has 0 bridgehead atoms. The van der Waals surface area contributed by atoms with Gasteiger partial charge in [0.15, 0.2) is 0 Å². The van der Waals surface area contributed by atoms with E-state index in [1.54, 1.807) is 19.1 Å². The number of carbonyl (C=O) groups excluding carboxylic acids is 1. The van der Waals surface area contributed by atoms with E-state index >= 15 is 0 Å². The zero-order valence-electron chi connectivity index (χ0n) is 10.2. The maximum atomic E-state index is 14.1. The molecule has 2 rings (SSSR count). The van der Waals surface area contributed by atoms with E-state index in [0.29, 0.717) is 11.1 Å². The second kappa shape index (κ2) is 5.00. The van der Waals surface area contributed by atoms with Gasteiger partial charge in [0.1, 0.15) is 11.4 Å². The third-order valence-corrected chi connectivity index (χ3v) is 2.81. The molecule has 0 saturated heterocycles. The molecule has 18 heavy (non-hydrogen) atoms. The van der Waals surface area contributed by atoms with Crippen molar-refractivity contribution in [3.63, 3.8) is 0 Å². The molecule has 0 aliphatic rings. The molecule has 92 valence electrons. The van der Waals surface area contributed by atoms with Crippen LogP contribution in [0.5, 0.6) is 0 Å². The molecule has 0 unspecified atom stereocenters. The zero-order valence-corrected chi connectivity index (χ0v) is 10.2. The van der Waals surface area contributed by atoms with Gasteiger partial charge in [0.2, 0.25) is 0 Å². The van der Waals surface area contributed by atoms with Crippen molar-refractivity contribution in [2.75, 3.05) is 7.11 Å². The van der Waals surface area contributed by atoms with E-state index in [0.717, 1.165) is 5.56 Å². The largest absolute Gasteiger partial charge is 0.465 e. The van der Waals surface area contributed by atoms with Crippen LogP contribution in [0.3, 0.4) is 0 Å². The van der Waals surface area contributed by atoms with Gasteiger partial charge in [0, 0.05) is 0 Å². The van der Waals surface area contributed by atoms with Crippen molar-refractivity contribution in [1.82, 2.24) is 0 Å². The Balaban J connectivity index is 2.68. The molecule has 0 amide bonds. The van der Waals surface area contributed by atoms with Gasteiger partial charge in [0.25, 0.3) is 0 Å². The van der Waals surface area contributed by atoms with Crippen LogP contribution in [0.25, 0.3) is 11.1 Å². The second-order valence-electron chi connectivity index (χ2n) is 3.98. The van der Waals surface area contributed by atoms with Crippen molar-refractivity contribution in [3.8, 4) is 11.1 Å². The fourth-order valence-corrected chi connectivity index (χ4v) is 1.84. The predicted octanol–water partition coefficient (Wildman–Crippen LogP) is 3.59. The summed E-state index contributed by atoms with van der Waals surface area (Å²) >= 11 is 0. The van der Waals surface area contributed by atoms with Gasteiger partial charge < -0.3 is 4.74 Å². The lowest BCUT2D eigenvalue weighted by atomic mass is 9.97. The number of hydrogen-bond acceptors (Lipinski definition) is 2. The van der Waals surface area contributed by atoms with Gasteiger partial charge in [-0.05, 0) is 23.6 Å². The molecule has 0 radical (unpaired) electrons. The maximum absolute atomic E-state index is 14.1. The summed E-state index contributed by atoms with van der Waals surface area (Å²) < 4.78 is 18.7. The number of aryl methyl sites for hydroxylation is 1. The first-order valence-corrected chi connectivity index (χ1v) is 5.58. The van der Waals surface area contributed by atoms with E-state index < -0.39 is 11.8 Å². The Labute approximate surface area is 105 Å². The van der Waals surface area contributed by atoms with Gasteiger partial charge in [-0.3, -0.25) is 0 Å². The smallest absolute Gasteiger partial charge is 0.341 e. The summed E-state index contributed by atoms with van der Waals surface area (Å²) in [6, 6.07) is 12.6. The number of hydrogen-bond donors (Lipinski definition) is 0. The minimum absolute atomic E-state index is 0.0105. The number of carbonyl (C=O) groups is 1. The first-order chi connectivity index (χ1) is 8.65. The van der Waals surface area contributed by atoms with Crippen LogP contribution in [0.15, 0.2) is 42.5 Å². The Morgan fingerprint density at radius 2 is 1.78 bits per heavy atom. The predicted molar refractivity (Wildman–Crippen MR) is 67.9 cm³/mol. The molecule has 2 aromatic rings. The fraction of sp³-hybridized carbons (Fsp3) is 0.133. The van der Waals surface area contributed by atoms with Crippen LogP contribution in [-0.4, -0.2) is 13.1 Å². The SMILES string of the molecule is COC(=O)c1c(-c2ccccc2)ccc(C)c1F. The highest BCUT2D eigenvalue weighted by molar-refractivity contribution is 5.97. The normalized spacial score (nSPS) is 10.2. The average Bonchev–Trinajstić information content (AvgIpc) is 2.42. The van der Waals surface area contributed by atoms with Crippen molar-refractivity contribution >= 4 is 5.97 Å². The summed E-state index contributed by atoms with van der Waals surface area (Å²) in [7, 11) is 1.25. The van der Waals surface area contributed by atoms with E-state index in [9.17, 15) is 9.18 Å². The molecule has 0 fully saturated rings. The van der Waals surface area contributed by atoms with Gasteiger partial charge >= 0.3 is 5.97 Å². The van der Waals surface area contributed by atoms with E-state index in [2.05, 4.69) is 4.74 Å². The van der Waals surface area contributed by atoms with Gasteiger partial charge in [-0.2, -0.15) is 0 Å². The highest BCUT2D eigenvalue weighted by atomic mass is 19.1. The number of halogens is 1. The van der Waals surface area contributed by atoms with Gasteiger partial charge in [0.05, 0.1) is 7.11 Å². The Bertz CT molecular complexity index is 577. The lowest BCUT2D eigenvalue weighted by molar-refractivity contribution is 0.0596. The number of esters is 1. The number of benzene rings is 2. The minimum atomic E-state index is -0.657. The quantitative estimate of drug-likeness (QED) is 0.755. The molecule has 2 aromatic carbocycles. The van der Waals surface area contributed by atoms with E-state index in [1.165, 1.54) is 7.11 Å². The number of rotatable bonds is 2. The molecule has 0 saturated carbocycles. The summed E-state index contributed by atoms with van der Waals surface area (Å²) in [4.78, 5) is 11.7. The highest BCUT2D eigenvalue weighted by Crippen LogP contribution is 2.27. The molecule has 2 nitrogen and oxygen atoms in total. The summed E-state index contributed by atoms with van der Waals surface area (Å²) in [5.74, 6) is -1.18. The number of ether oxygens (including phenoxy) is 1. The average molecular weight is 244 g/mol. The molecule has 3 heteroatoms. The van der Waals surface area contributed by atoms with Crippen LogP contribution in [0, 0.1) is 12.7 Å². The van der Waals surface area contributed by atoms with Gasteiger partial charge in [-0.25, -0.2) is 9.18 Å². The molecular formula is C15H13FO2.